The predicted molar refractivity (Wildman–Crippen MR) is 139 cm³/mol. The quantitative estimate of drug-likeness (QED) is 0.359. The van der Waals surface area contributed by atoms with Gasteiger partial charge in [-0.15, -0.1) is 0 Å². The van der Waals surface area contributed by atoms with Gasteiger partial charge in [-0.05, 0) is 54.6 Å². The van der Waals surface area contributed by atoms with Crippen molar-refractivity contribution in [3.05, 3.63) is 101 Å². The Kier molecular flexibility index (Phi) is 5.93. The molecule has 0 N–H and O–H groups in total. The van der Waals surface area contributed by atoms with E-state index in [9.17, 15) is 9.59 Å². The molecule has 3 aromatic carbocycles. The number of benzene rings is 3. The molecular weight excluding hydrogens is 466 g/mol. The van der Waals surface area contributed by atoms with E-state index in [1.54, 1.807) is 9.91 Å². The van der Waals surface area contributed by atoms with Crippen molar-refractivity contribution >= 4 is 57.9 Å². The summed E-state index contributed by atoms with van der Waals surface area (Å²) in [6.07, 6.45) is 1.88. The first-order valence-electron chi connectivity index (χ1n) is 10.6. The lowest BCUT2D eigenvalue weighted by atomic mass is 10.2. The monoisotopic (exact) mass is 487 g/mol. The van der Waals surface area contributed by atoms with E-state index in [2.05, 4.69) is 5.10 Å². The van der Waals surface area contributed by atoms with Crippen molar-refractivity contribution in [1.82, 2.24) is 0 Å². The van der Waals surface area contributed by atoms with Crippen molar-refractivity contribution in [2.45, 2.75) is 11.3 Å². The van der Waals surface area contributed by atoms with Crippen molar-refractivity contribution in [1.29, 1.82) is 0 Å². The highest BCUT2D eigenvalue weighted by atomic mass is 32.2. The maximum atomic E-state index is 13.9. The van der Waals surface area contributed by atoms with Gasteiger partial charge >= 0.3 is 5.97 Å². The van der Waals surface area contributed by atoms with Crippen molar-refractivity contribution in [3.63, 3.8) is 0 Å². The average molecular weight is 488 g/mol. The fourth-order valence-corrected chi connectivity index (χ4v) is 6.64. The number of amides is 1. The number of thioether (sulfide) groups is 2. The zero-order valence-electron chi connectivity index (χ0n) is 18.5. The first-order chi connectivity index (χ1) is 16.5. The lowest BCUT2D eigenvalue weighted by molar-refractivity contribution is -0.132. The maximum Gasteiger partial charge on any atom is 0.365 e. The predicted octanol–water partition coefficient (Wildman–Crippen LogP) is 5.47. The Balaban J connectivity index is 1.69. The highest BCUT2D eigenvalue weighted by Crippen LogP contribution is 2.59. The fourth-order valence-electron chi connectivity index (χ4n) is 3.75. The summed E-state index contributed by atoms with van der Waals surface area (Å²) in [6, 6.07) is 27.0. The molecule has 1 unspecified atom stereocenters. The number of carbonyl (C=O) groups excluding carboxylic acids is 2. The van der Waals surface area contributed by atoms with Gasteiger partial charge in [-0.25, -0.2) is 9.80 Å². The minimum atomic E-state index is -1.07. The summed E-state index contributed by atoms with van der Waals surface area (Å²) in [4.78, 5) is 28.7. The average Bonchev–Trinajstić information content (AvgIpc) is 3.37. The van der Waals surface area contributed by atoms with Crippen LogP contribution in [0.1, 0.15) is 11.1 Å². The van der Waals surface area contributed by atoms with Gasteiger partial charge in [0.2, 0.25) is 9.37 Å². The van der Waals surface area contributed by atoms with Crippen LogP contribution in [0, 0.1) is 6.92 Å². The zero-order chi connectivity index (χ0) is 23.7. The topological polar surface area (TPSA) is 62.2 Å². The molecule has 0 bridgehead atoms. The van der Waals surface area contributed by atoms with Gasteiger partial charge in [0.15, 0.2) is 0 Å². The second kappa shape index (κ2) is 9.04. The Morgan fingerprint density at radius 3 is 2.21 bits per heavy atom. The highest BCUT2D eigenvalue weighted by Gasteiger charge is 2.60. The lowest BCUT2D eigenvalue weighted by Gasteiger charge is -2.38. The summed E-state index contributed by atoms with van der Waals surface area (Å²) in [6.45, 7) is 2.01. The maximum absolute atomic E-state index is 13.9. The number of nitrogens with zero attached hydrogens (tertiary/aromatic N) is 3. The summed E-state index contributed by atoms with van der Waals surface area (Å²) >= 11 is 2.58. The first kappa shape index (κ1) is 22.3. The van der Waals surface area contributed by atoms with Crippen molar-refractivity contribution in [2.24, 2.45) is 5.10 Å². The van der Waals surface area contributed by atoms with E-state index in [0.29, 0.717) is 10.6 Å². The number of para-hydroxylation sites is 1. The van der Waals surface area contributed by atoms with Gasteiger partial charge in [0.05, 0.1) is 17.7 Å². The number of rotatable bonds is 4. The Bertz CT molecular complexity index is 1290. The second-order valence-corrected chi connectivity index (χ2v) is 10.3. The van der Waals surface area contributed by atoms with Gasteiger partial charge in [0.25, 0.3) is 5.91 Å². The van der Waals surface area contributed by atoms with Crippen LogP contribution in [0.4, 0.5) is 11.4 Å². The molecule has 34 heavy (non-hydrogen) atoms. The summed E-state index contributed by atoms with van der Waals surface area (Å²) in [5, 5.41) is 6.57. The largest absolute Gasteiger partial charge is 0.464 e. The molecule has 0 radical (unpaired) electrons. The minimum absolute atomic E-state index is 0.161. The molecule has 3 aromatic rings. The van der Waals surface area contributed by atoms with E-state index >= 15 is 0 Å². The molecule has 8 heteroatoms. The molecule has 5 rings (SSSR count). The van der Waals surface area contributed by atoms with Crippen LogP contribution in [-0.2, 0) is 14.3 Å². The number of hydrazone groups is 1. The molecule has 6 nitrogen and oxygen atoms in total. The van der Waals surface area contributed by atoms with E-state index in [1.165, 1.54) is 30.6 Å². The molecule has 1 spiro atoms. The number of anilines is 2. The number of ether oxygens (including phenoxy) is 1. The van der Waals surface area contributed by atoms with E-state index in [1.807, 2.05) is 97.9 Å². The minimum Gasteiger partial charge on any atom is -0.464 e. The van der Waals surface area contributed by atoms with Crippen LogP contribution in [-0.4, -0.2) is 28.4 Å². The number of hydrogen-bond donors (Lipinski definition) is 0. The van der Waals surface area contributed by atoms with Gasteiger partial charge in [-0.1, -0.05) is 78.0 Å². The van der Waals surface area contributed by atoms with Crippen LogP contribution in [0.15, 0.2) is 94.9 Å². The molecule has 0 aromatic heterocycles. The highest BCUT2D eigenvalue weighted by molar-refractivity contribution is 8.29. The van der Waals surface area contributed by atoms with Crippen LogP contribution >= 0.6 is 23.5 Å². The molecule has 0 aliphatic carbocycles. The van der Waals surface area contributed by atoms with Crippen LogP contribution in [0.3, 0.4) is 0 Å². The van der Waals surface area contributed by atoms with Crippen molar-refractivity contribution in [3.8, 4) is 0 Å². The van der Waals surface area contributed by atoms with Crippen LogP contribution in [0.5, 0.6) is 0 Å². The van der Waals surface area contributed by atoms with Gasteiger partial charge in [-0.2, -0.15) is 5.10 Å². The number of aryl methyl sites for hydroxylation is 1. The third-order valence-electron chi connectivity index (χ3n) is 5.38. The standard InChI is InChI=1S/C26H21N3O3S2/c1-18-13-15-21(16-14-18)29-26(34-23(27-29)25(31)32-2)28(20-11-7-4-8-12-20)24(30)22(33-26)17-19-9-5-3-6-10-19/h3-17H,1-2H3/b22-17-. The normalized spacial score (nSPS) is 20.8. The third kappa shape index (κ3) is 3.89. The molecule has 2 aliphatic heterocycles. The van der Waals surface area contributed by atoms with Gasteiger partial charge in [0.1, 0.15) is 0 Å². The molecule has 1 fully saturated rings. The summed E-state index contributed by atoms with van der Waals surface area (Å²) < 4.78 is 3.91. The third-order valence-corrected chi connectivity index (χ3v) is 8.07. The number of methoxy groups -OCH3 is 1. The van der Waals surface area contributed by atoms with E-state index < -0.39 is 10.3 Å². The summed E-state index contributed by atoms with van der Waals surface area (Å²) in [7, 11) is 1.33. The van der Waals surface area contributed by atoms with E-state index in [0.717, 1.165) is 16.8 Å². The Hall–Kier alpha value is -3.49. The van der Waals surface area contributed by atoms with Crippen LogP contribution < -0.4 is 9.91 Å². The molecule has 1 atom stereocenters. The summed E-state index contributed by atoms with van der Waals surface area (Å²) in [5.74, 6) is -0.702. The van der Waals surface area contributed by atoms with Crippen LogP contribution in [0.25, 0.3) is 6.08 Å². The van der Waals surface area contributed by atoms with Gasteiger partial charge in [-0.3, -0.25) is 9.69 Å². The lowest BCUT2D eigenvalue weighted by Crippen LogP contribution is -2.51. The molecule has 2 aliphatic rings. The SMILES string of the molecule is COC(=O)C1=NN(c2ccc(C)cc2)C2(S1)S/C(=C\c1ccccc1)C(=O)N2c1ccccc1. The Morgan fingerprint density at radius 1 is 0.912 bits per heavy atom. The zero-order valence-corrected chi connectivity index (χ0v) is 20.2. The molecule has 1 saturated heterocycles. The van der Waals surface area contributed by atoms with E-state index in [4.69, 9.17) is 4.74 Å². The van der Waals surface area contributed by atoms with Crippen LogP contribution in [0.2, 0.25) is 0 Å². The molecular formula is C26H21N3O3S2. The first-order valence-corrected chi connectivity index (χ1v) is 12.2. The van der Waals surface area contributed by atoms with E-state index in [-0.39, 0.29) is 11.0 Å². The molecule has 2 heterocycles. The number of carbonyl (C=O) groups is 2. The summed E-state index contributed by atoms with van der Waals surface area (Å²) in [5.41, 5.74) is 3.49. The Morgan fingerprint density at radius 2 is 1.56 bits per heavy atom. The van der Waals surface area contributed by atoms with Gasteiger partial charge < -0.3 is 4.74 Å². The second-order valence-electron chi connectivity index (χ2n) is 7.69. The molecule has 0 saturated carbocycles. The number of hydrogen-bond acceptors (Lipinski definition) is 7. The molecule has 1 amide bonds. The number of esters is 1. The van der Waals surface area contributed by atoms with Crippen molar-refractivity contribution < 1.29 is 14.3 Å². The van der Waals surface area contributed by atoms with Crippen molar-refractivity contribution in [2.75, 3.05) is 17.0 Å². The molecule has 170 valence electrons. The fraction of sp³-hybridized carbons (Fsp3) is 0.115. The smallest absolute Gasteiger partial charge is 0.365 e. The van der Waals surface area contributed by atoms with Gasteiger partial charge in [0, 0.05) is 5.69 Å². The Labute approximate surface area is 206 Å².